The fraction of sp³-hybridized carbons (Fsp3) is 0.571. The van der Waals surface area contributed by atoms with Crippen molar-refractivity contribution < 1.29 is 9.47 Å². The molecule has 1 aromatic carbocycles. The molecule has 0 amide bonds. The zero-order valence-corrected chi connectivity index (χ0v) is 12.8. The van der Waals surface area contributed by atoms with E-state index in [9.17, 15) is 0 Å². The van der Waals surface area contributed by atoms with Crippen LogP contribution in [-0.2, 0) is 11.2 Å². The third kappa shape index (κ3) is 5.78. The van der Waals surface area contributed by atoms with Crippen molar-refractivity contribution in [3.05, 3.63) is 28.8 Å². The van der Waals surface area contributed by atoms with Crippen LogP contribution in [0.4, 0.5) is 0 Å². The van der Waals surface area contributed by atoms with Crippen LogP contribution < -0.4 is 16.0 Å². The molecule has 0 saturated carbocycles. The van der Waals surface area contributed by atoms with Gasteiger partial charge in [0.2, 0.25) is 0 Å². The first-order valence-electron chi connectivity index (χ1n) is 6.28. The molecule has 0 aromatic heterocycles. The van der Waals surface area contributed by atoms with Crippen LogP contribution in [0.15, 0.2) is 18.2 Å². The van der Waals surface area contributed by atoms with Gasteiger partial charge in [-0.3, -0.25) is 11.3 Å². The smallest absolute Gasteiger partial charge is 0.122 e. The maximum atomic E-state index is 6.01. The first-order valence-corrected chi connectivity index (χ1v) is 6.66. The third-order valence-electron chi connectivity index (χ3n) is 2.66. The molecular formula is C14H23ClN2O2. The summed E-state index contributed by atoms with van der Waals surface area (Å²) in [6.07, 6.45) is 0.691. The summed E-state index contributed by atoms with van der Waals surface area (Å²) in [5, 5.41) is 0.684. The molecule has 1 rings (SSSR count). The largest absolute Gasteiger partial charge is 0.496 e. The molecule has 108 valence electrons. The molecule has 1 aromatic rings. The number of ether oxygens (including phenoxy) is 2. The Bertz CT molecular complexity index is 405. The Balaban J connectivity index is 2.72. The molecule has 0 radical (unpaired) electrons. The topological polar surface area (TPSA) is 56.5 Å². The minimum absolute atomic E-state index is 0.00610. The second kappa shape index (κ2) is 7.10. The average Bonchev–Trinajstić information content (AvgIpc) is 2.33. The second-order valence-corrected chi connectivity index (χ2v) is 5.88. The van der Waals surface area contributed by atoms with Crippen molar-refractivity contribution in [2.24, 2.45) is 5.84 Å². The molecule has 0 fully saturated rings. The average molecular weight is 287 g/mol. The minimum Gasteiger partial charge on any atom is -0.496 e. The van der Waals surface area contributed by atoms with E-state index < -0.39 is 0 Å². The molecule has 1 atom stereocenters. The van der Waals surface area contributed by atoms with Gasteiger partial charge >= 0.3 is 0 Å². The van der Waals surface area contributed by atoms with Gasteiger partial charge in [-0.2, -0.15) is 0 Å². The van der Waals surface area contributed by atoms with E-state index in [2.05, 4.69) is 5.43 Å². The maximum absolute atomic E-state index is 6.01. The lowest BCUT2D eigenvalue weighted by Crippen LogP contribution is -2.42. The van der Waals surface area contributed by atoms with Crippen LogP contribution in [0.5, 0.6) is 5.75 Å². The van der Waals surface area contributed by atoms with Gasteiger partial charge < -0.3 is 9.47 Å². The quantitative estimate of drug-likeness (QED) is 0.623. The van der Waals surface area contributed by atoms with Crippen molar-refractivity contribution in [3.8, 4) is 5.75 Å². The van der Waals surface area contributed by atoms with Gasteiger partial charge in [0.1, 0.15) is 5.75 Å². The molecule has 0 heterocycles. The highest BCUT2D eigenvalue weighted by Crippen LogP contribution is 2.24. The maximum Gasteiger partial charge on any atom is 0.122 e. The van der Waals surface area contributed by atoms with Gasteiger partial charge in [-0.1, -0.05) is 11.6 Å². The first-order chi connectivity index (χ1) is 8.85. The number of rotatable bonds is 6. The fourth-order valence-corrected chi connectivity index (χ4v) is 1.88. The standard InChI is InChI=1S/C14H23ClN2O2/c1-14(2,3)19-9-12(17-16)8-10-7-11(15)5-6-13(10)18-4/h5-7,12,17H,8-9,16H2,1-4H3. The Morgan fingerprint density at radius 2 is 2.05 bits per heavy atom. The number of nitrogens with two attached hydrogens (primary N) is 1. The van der Waals surface area contributed by atoms with Gasteiger partial charge in [-0.15, -0.1) is 0 Å². The van der Waals surface area contributed by atoms with E-state index in [1.807, 2.05) is 32.9 Å². The molecule has 0 spiro atoms. The summed E-state index contributed by atoms with van der Waals surface area (Å²) in [4.78, 5) is 0. The van der Waals surface area contributed by atoms with Crippen molar-refractivity contribution in [2.45, 2.75) is 38.8 Å². The predicted octanol–water partition coefficient (Wildman–Crippen LogP) is 2.54. The Morgan fingerprint density at radius 3 is 2.58 bits per heavy atom. The number of methoxy groups -OCH3 is 1. The number of hydrogen-bond acceptors (Lipinski definition) is 4. The van der Waals surface area contributed by atoms with E-state index in [0.717, 1.165) is 11.3 Å². The van der Waals surface area contributed by atoms with E-state index in [1.54, 1.807) is 13.2 Å². The van der Waals surface area contributed by atoms with E-state index in [4.69, 9.17) is 26.9 Å². The molecule has 1 unspecified atom stereocenters. The van der Waals surface area contributed by atoms with Crippen LogP contribution in [0.1, 0.15) is 26.3 Å². The molecule has 0 aliphatic heterocycles. The SMILES string of the molecule is COc1ccc(Cl)cc1CC(COC(C)(C)C)NN. The Morgan fingerprint density at radius 1 is 1.37 bits per heavy atom. The molecular weight excluding hydrogens is 264 g/mol. The summed E-state index contributed by atoms with van der Waals surface area (Å²) >= 11 is 6.01. The van der Waals surface area contributed by atoms with Gasteiger partial charge in [0, 0.05) is 11.1 Å². The first kappa shape index (κ1) is 16.2. The summed E-state index contributed by atoms with van der Waals surface area (Å²) < 4.78 is 11.1. The molecule has 5 heteroatoms. The molecule has 4 nitrogen and oxygen atoms in total. The monoisotopic (exact) mass is 286 g/mol. The Hall–Kier alpha value is -0.810. The van der Waals surface area contributed by atoms with Crippen LogP contribution in [0, 0.1) is 0 Å². The van der Waals surface area contributed by atoms with Crippen molar-refractivity contribution in [3.63, 3.8) is 0 Å². The normalized spacial score (nSPS) is 13.4. The van der Waals surface area contributed by atoms with E-state index >= 15 is 0 Å². The summed E-state index contributed by atoms with van der Waals surface area (Å²) in [6.45, 7) is 6.57. The van der Waals surface area contributed by atoms with Crippen molar-refractivity contribution in [2.75, 3.05) is 13.7 Å². The van der Waals surface area contributed by atoms with Crippen LogP contribution in [0.2, 0.25) is 5.02 Å². The van der Waals surface area contributed by atoms with E-state index in [1.165, 1.54) is 0 Å². The van der Waals surface area contributed by atoms with Crippen LogP contribution >= 0.6 is 11.6 Å². The zero-order valence-electron chi connectivity index (χ0n) is 12.0. The summed E-state index contributed by atoms with van der Waals surface area (Å²) in [7, 11) is 1.64. The van der Waals surface area contributed by atoms with Gasteiger partial charge in [-0.25, -0.2) is 0 Å². The summed E-state index contributed by atoms with van der Waals surface area (Å²) in [5.41, 5.74) is 3.59. The molecule has 0 bridgehead atoms. The number of hydrazine groups is 1. The van der Waals surface area contributed by atoms with Gasteiger partial charge in [0.25, 0.3) is 0 Å². The Labute approximate surface area is 120 Å². The lowest BCUT2D eigenvalue weighted by molar-refractivity contribution is -0.0144. The van der Waals surface area contributed by atoms with E-state index in [-0.39, 0.29) is 11.6 Å². The van der Waals surface area contributed by atoms with Gasteiger partial charge in [0.05, 0.1) is 19.3 Å². The third-order valence-corrected chi connectivity index (χ3v) is 2.90. The van der Waals surface area contributed by atoms with Crippen LogP contribution in [0.25, 0.3) is 0 Å². The molecule has 0 aliphatic rings. The number of benzene rings is 1. The second-order valence-electron chi connectivity index (χ2n) is 5.45. The van der Waals surface area contributed by atoms with Gasteiger partial charge in [-0.05, 0) is 51.0 Å². The van der Waals surface area contributed by atoms with Crippen molar-refractivity contribution in [1.82, 2.24) is 5.43 Å². The highest BCUT2D eigenvalue weighted by atomic mass is 35.5. The molecule has 19 heavy (non-hydrogen) atoms. The van der Waals surface area contributed by atoms with Crippen molar-refractivity contribution in [1.29, 1.82) is 0 Å². The predicted molar refractivity (Wildman–Crippen MR) is 78.5 cm³/mol. The minimum atomic E-state index is -0.187. The van der Waals surface area contributed by atoms with Crippen LogP contribution in [0.3, 0.4) is 0 Å². The molecule has 3 N–H and O–H groups in total. The lowest BCUT2D eigenvalue weighted by atomic mass is 10.1. The summed E-state index contributed by atoms with van der Waals surface area (Å²) in [6, 6.07) is 5.56. The van der Waals surface area contributed by atoms with Crippen LogP contribution in [-0.4, -0.2) is 25.4 Å². The number of hydrogen-bond donors (Lipinski definition) is 2. The molecule has 0 saturated heterocycles. The Kier molecular flexibility index (Phi) is 6.07. The highest BCUT2D eigenvalue weighted by Gasteiger charge is 2.16. The summed E-state index contributed by atoms with van der Waals surface area (Å²) in [5.74, 6) is 6.38. The van der Waals surface area contributed by atoms with Gasteiger partial charge in [0.15, 0.2) is 0 Å². The number of halogens is 1. The zero-order chi connectivity index (χ0) is 14.5. The number of nitrogens with one attached hydrogen (secondary N) is 1. The van der Waals surface area contributed by atoms with Crippen molar-refractivity contribution >= 4 is 11.6 Å². The van der Waals surface area contributed by atoms with E-state index in [0.29, 0.717) is 18.1 Å². The highest BCUT2D eigenvalue weighted by molar-refractivity contribution is 6.30. The lowest BCUT2D eigenvalue weighted by Gasteiger charge is -2.24. The fourth-order valence-electron chi connectivity index (χ4n) is 1.69. The molecule has 0 aliphatic carbocycles.